The Morgan fingerprint density at radius 2 is 2.00 bits per heavy atom. The lowest BCUT2D eigenvalue weighted by molar-refractivity contribution is -0.123. The Bertz CT molecular complexity index is 711. The van der Waals surface area contributed by atoms with Crippen LogP contribution in [-0.2, 0) is 4.79 Å². The lowest BCUT2D eigenvalue weighted by Crippen LogP contribution is -2.32. The summed E-state index contributed by atoms with van der Waals surface area (Å²) in [5, 5.41) is 11.7. The van der Waals surface area contributed by atoms with Crippen LogP contribution >= 0.6 is 11.6 Å². The van der Waals surface area contributed by atoms with Crippen LogP contribution in [0.2, 0.25) is 5.02 Å². The van der Waals surface area contributed by atoms with Crippen molar-refractivity contribution in [1.29, 1.82) is 5.26 Å². The minimum atomic E-state index is -0.282. The van der Waals surface area contributed by atoms with Gasteiger partial charge in [0.1, 0.15) is 5.75 Å². The summed E-state index contributed by atoms with van der Waals surface area (Å²) in [6, 6.07) is 17.4. The summed E-state index contributed by atoms with van der Waals surface area (Å²) >= 11 is 6.21. The minimum absolute atomic E-state index is 0.136. The molecule has 2 rings (SSSR count). The van der Waals surface area contributed by atoms with Gasteiger partial charge in [-0.1, -0.05) is 48.0 Å². The van der Waals surface area contributed by atoms with Gasteiger partial charge in [0.05, 0.1) is 17.0 Å². The number of ether oxygens (including phenoxy) is 1. The molecule has 0 aliphatic heterocycles. The number of halogens is 1. The molecule has 1 N–H and O–H groups in total. The van der Waals surface area contributed by atoms with E-state index in [-0.39, 0.29) is 18.4 Å². The van der Waals surface area contributed by atoms with E-state index in [1.807, 2.05) is 48.5 Å². The third-order valence-electron chi connectivity index (χ3n) is 3.22. The number of nitriles is 1. The van der Waals surface area contributed by atoms with Crippen molar-refractivity contribution in [2.75, 3.05) is 13.2 Å². The smallest absolute Gasteiger partial charge is 0.257 e. The second kappa shape index (κ2) is 8.21. The minimum Gasteiger partial charge on any atom is -0.482 e. The zero-order chi connectivity index (χ0) is 16.7. The zero-order valence-corrected chi connectivity index (χ0v) is 13.5. The van der Waals surface area contributed by atoms with Crippen molar-refractivity contribution in [2.45, 2.75) is 6.92 Å². The zero-order valence-electron chi connectivity index (χ0n) is 12.8. The second-order valence-corrected chi connectivity index (χ2v) is 5.54. The molecule has 1 atom stereocenters. The van der Waals surface area contributed by atoms with E-state index in [0.717, 1.165) is 11.1 Å². The monoisotopic (exact) mass is 328 g/mol. The number of carbonyl (C=O) groups is 1. The Morgan fingerprint density at radius 1 is 1.26 bits per heavy atom. The van der Waals surface area contributed by atoms with Crippen LogP contribution < -0.4 is 10.1 Å². The van der Waals surface area contributed by atoms with E-state index < -0.39 is 0 Å². The number of benzene rings is 2. The lowest BCUT2D eigenvalue weighted by Gasteiger charge is -2.10. The number of hydrogen-bond donors (Lipinski definition) is 1. The average molecular weight is 329 g/mol. The molecule has 118 valence electrons. The van der Waals surface area contributed by atoms with E-state index >= 15 is 0 Å². The largest absolute Gasteiger partial charge is 0.482 e. The van der Waals surface area contributed by atoms with E-state index in [2.05, 4.69) is 5.32 Å². The third kappa shape index (κ3) is 5.01. The first-order valence-electron chi connectivity index (χ1n) is 7.24. The van der Waals surface area contributed by atoms with E-state index in [1.165, 1.54) is 0 Å². The van der Waals surface area contributed by atoms with E-state index in [1.54, 1.807) is 13.0 Å². The number of nitrogens with zero attached hydrogens (tertiary/aromatic N) is 1. The Morgan fingerprint density at radius 3 is 2.65 bits per heavy atom. The van der Waals surface area contributed by atoms with Gasteiger partial charge < -0.3 is 10.1 Å². The van der Waals surface area contributed by atoms with E-state index in [4.69, 9.17) is 21.6 Å². The van der Waals surface area contributed by atoms with Crippen molar-refractivity contribution in [3.63, 3.8) is 0 Å². The molecule has 4 nitrogen and oxygen atoms in total. The molecule has 1 amide bonds. The third-order valence-corrected chi connectivity index (χ3v) is 3.52. The van der Waals surface area contributed by atoms with Gasteiger partial charge in [-0.15, -0.1) is 0 Å². The highest BCUT2D eigenvalue weighted by atomic mass is 35.5. The maximum atomic E-state index is 11.6. The van der Waals surface area contributed by atoms with Crippen molar-refractivity contribution >= 4 is 17.5 Å². The van der Waals surface area contributed by atoms with E-state index in [0.29, 0.717) is 17.3 Å². The summed E-state index contributed by atoms with van der Waals surface area (Å²) in [4.78, 5) is 11.6. The summed E-state index contributed by atoms with van der Waals surface area (Å²) in [6.07, 6.45) is 0. The number of nitrogens with one attached hydrogen (secondary N) is 1. The predicted molar refractivity (Wildman–Crippen MR) is 90.2 cm³/mol. The van der Waals surface area contributed by atoms with Crippen LogP contribution in [0.25, 0.3) is 11.1 Å². The lowest BCUT2D eigenvalue weighted by atomic mass is 10.1. The molecule has 0 aliphatic rings. The van der Waals surface area contributed by atoms with Gasteiger partial charge in [0.2, 0.25) is 0 Å². The Hall–Kier alpha value is -2.51. The molecule has 0 spiro atoms. The predicted octanol–water partition coefficient (Wildman–Crippen LogP) is 3.66. The van der Waals surface area contributed by atoms with Crippen LogP contribution in [0.1, 0.15) is 6.92 Å². The molecule has 2 aromatic carbocycles. The maximum Gasteiger partial charge on any atom is 0.257 e. The molecule has 0 heterocycles. The first-order chi connectivity index (χ1) is 11.1. The van der Waals surface area contributed by atoms with Crippen molar-refractivity contribution in [2.24, 2.45) is 5.92 Å². The van der Waals surface area contributed by atoms with Gasteiger partial charge in [0, 0.05) is 6.54 Å². The SMILES string of the molecule is C[C@@H](C#N)CNC(=O)COc1ccc(-c2ccccc2)cc1Cl. The van der Waals surface area contributed by atoms with Crippen molar-refractivity contribution < 1.29 is 9.53 Å². The second-order valence-electron chi connectivity index (χ2n) is 5.13. The molecule has 0 aliphatic carbocycles. The first kappa shape index (κ1) is 16.9. The highest BCUT2D eigenvalue weighted by Crippen LogP contribution is 2.30. The van der Waals surface area contributed by atoms with Gasteiger partial charge in [-0.2, -0.15) is 5.26 Å². The Kier molecular flexibility index (Phi) is 6.02. The van der Waals surface area contributed by atoms with Crippen LogP contribution in [0.4, 0.5) is 0 Å². The quantitative estimate of drug-likeness (QED) is 0.880. The molecule has 23 heavy (non-hydrogen) atoms. The molecule has 0 bridgehead atoms. The molecule has 5 heteroatoms. The topological polar surface area (TPSA) is 62.1 Å². The van der Waals surface area contributed by atoms with Crippen molar-refractivity contribution in [3.05, 3.63) is 53.6 Å². The van der Waals surface area contributed by atoms with Crippen LogP contribution in [0, 0.1) is 17.2 Å². The van der Waals surface area contributed by atoms with Crippen LogP contribution in [0.15, 0.2) is 48.5 Å². The molecule has 0 unspecified atom stereocenters. The molecule has 0 radical (unpaired) electrons. The number of carbonyl (C=O) groups excluding carboxylic acids is 1. The number of rotatable bonds is 6. The first-order valence-corrected chi connectivity index (χ1v) is 7.62. The summed E-state index contributed by atoms with van der Waals surface area (Å²) in [7, 11) is 0. The standard InChI is InChI=1S/C18H17ClN2O2/c1-13(10-20)11-21-18(22)12-23-17-8-7-15(9-16(17)19)14-5-3-2-4-6-14/h2-9,13H,11-12H2,1H3,(H,21,22)/t13-/m0/s1. The average Bonchev–Trinajstić information content (AvgIpc) is 2.59. The highest BCUT2D eigenvalue weighted by Gasteiger charge is 2.08. The van der Waals surface area contributed by atoms with E-state index in [9.17, 15) is 4.79 Å². The van der Waals surface area contributed by atoms with Gasteiger partial charge in [-0.25, -0.2) is 0 Å². The van der Waals surface area contributed by atoms with Crippen LogP contribution in [0.3, 0.4) is 0 Å². The number of hydrogen-bond acceptors (Lipinski definition) is 3. The fraction of sp³-hybridized carbons (Fsp3) is 0.222. The Balaban J connectivity index is 1.94. The Labute approximate surface area is 140 Å². The molecule has 0 aromatic heterocycles. The summed E-state index contributed by atoms with van der Waals surface area (Å²) in [6.45, 7) is 1.90. The van der Waals surface area contributed by atoms with Gasteiger partial charge >= 0.3 is 0 Å². The van der Waals surface area contributed by atoms with Gasteiger partial charge in [-0.05, 0) is 30.2 Å². The molecular weight excluding hydrogens is 312 g/mol. The normalized spacial score (nSPS) is 11.3. The van der Waals surface area contributed by atoms with Crippen LogP contribution in [0.5, 0.6) is 5.75 Å². The highest BCUT2D eigenvalue weighted by molar-refractivity contribution is 6.32. The maximum absolute atomic E-state index is 11.6. The summed E-state index contributed by atoms with van der Waals surface area (Å²) < 4.78 is 5.43. The number of amides is 1. The summed E-state index contributed by atoms with van der Waals surface area (Å²) in [5.74, 6) is -0.0576. The molecular formula is C18H17ClN2O2. The fourth-order valence-electron chi connectivity index (χ4n) is 1.93. The fourth-order valence-corrected chi connectivity index (χ4v) is 2.17. The van der Waals surface area contributed by atoms with Crippen molar-refractivity contribution in [3.8, 4) is 22.9 Å². The molecule has 0 saturated carbocycles. The van der Waals surface area contributed by atoms with Crippen molar-refractivity contribution in [1.82, 2.24) is 5.32 Å². The molecule has 0 fully saturated rings. The van der Waals surface area contributed by atoms with Gasteiger partial charge in [-0.3, -0.25) is 4.79 Å². The molecule has 0 saturated heterocycles. The van der Waals surface area contributed by atoms with Crippen LogP contribution in [-0.4, -0.2) is 19.1 Å². The van der Waals surface area contributed by atoms with Gasteiger partial charge in [0.15, 0.2) is 6.61 Å². The molecule has 2 aromatic rings. The summed E-state index contributed by atoms with van der Waals surface area (Å²) in [5.41, 5.74) is 2.04. The van der Waals surface area contributed by atoms with Gasteiger partial charge in [0.25, 0.3) is 5.91 Å².